The van der Waals surface area contributed by atoms with Gasteiger partial charge in [-0.05, 0) is 48.9 Å². The molecule has 0 saturated heterocycles. The van der Waals surface area contributed by atoms with Gasteiger partial charge in [-0.15, -0.1) is 0 Å². The van der Waals surface area contributed by atoms with E-state index >= 15 is 0 Å². The van der Waals surface area contributed by atoms with E-state index in [-0.39, 0.29) is 0 Å². The van der Waals surface area contributed by atoms with Crippen LogP contribution in [0.3, 0.4) is 0 Å². The van der Waals surface area contributed by atoms with Gasteiger partial charge in [-0.25, -0.2) is 4.79 Å². The lowest BCUT2D eigenvalue weighted by molar-refractivity contribution is 0.0696. The molecule has 0 saturated carbocycles. The molecule has 15 heavy (non-hydrogen) atoms. The number of carbonyl (C=O) groups is 1. The van der Waals surface area contributed by atoms with Crippen LogP contribution in [0.1, 0.15) is 40.9 Å². The number of carboxylic acid groups (broad SMARTS) is 1. The number of hydrogen-bond donors (Lipinski definition) is 1. The van der Waals surface area contributed by atoms with Crippen LogP contribution in [-0.4, -0.2) is 11.1 Å². The molecular weight excluding hydrogens is 188 g/mol. The largest absolute Gasteiger partial charge is 0.478 e. The first kappa shape index (κ1) is 11.8. The molecule has 0 amide bonds. The molecule has 0 spiro atoms. The molecule has 1 aromatic carbocycles. The number of carboxylic acids is 1. The van der Waals surface area contributed by atoms with Crippen LogP contribution in [0.25, 0.3) is 0 Å². The predicted octanol–water partition coefficient (Wildman–Crippen LogP) is 3.20. The summed E-state index contributed by atoms with van der Waals surface area (Å²) in [5.74, 6) is -0.245. The van der Waals surface area contributed by atoms with E-state index in [1.54, 1.807) is 6.07 Å². The third kappa shape index (κ3) is 2.58. The van der Waals surface area contributed by atoms with E-state index in [4.69, 9.17) is 5.11 Å². The zero-order valence-corrected chi connectivity index (χ0v) is 9.79. The van der Waals surface area contributed by atoms with Crippen molar-refractivity contribution in [1.29, 1.82) is 0 Å². The Morgan fingerprint density at radius 1 is 1.27 bits per heavy atom. The third-order valence-electron chi connectivity index (χ3n) is 2.76. The summed E-state index contributed by atoms with van der Waals surface area (Å²) in [6.07, 6.45) is 1.01. The predicted molar refractivity (Wildman–Crippen MR) is 61.4 cm³/mol. The first-order chi connectivity index (χ1) is 6.93. The van der Waals surface area contributed by atoms with Crippen molar-refractivity contribution in [3.63, 3.8) is 0 Å². The molecule has 0 aliphatic heterocycles. The molecule has 0 aliphatic carbocycles. The fourth-order valence-corrected chi connectivity index (χ4v) is 1.77. The highest BCUT2D eigenvalue weighted by Gasteiger charge is 2.11. The van der Waals surface area contributed by atoms with Crippen LogP contribution < -0.4 is 0 Å². The maximum Gasteiger partial charge on any atom is 0.335 e. The molecule has 0 heterocycles. The molecule has 2 nitrogen and oxygen atoms in total. The number of aromatic carboxylic acids is 1. The average molecular weight is 206 g/mol. The summed E-state index contributed by atoms with van der Waals surface area (Å²) in [7, 11) is 0. The van der Waals surface area contributed by atoms with Gasteiger partial charge in [0.25, 0.3) is 0 Å². The van der Waals surface area contributed by atoms with E-state index in [9.17, 15) is 4.79 Å². The maximum absolute atomic E-state index is 10.9. The second-order valence-electron chi connectivity index (χ2n) is 4.43. The molecule has 1 aromatic rings. The van der Waals surface area contributed by atoms with Crippen molar-refractivity contribution in [3.8, 4) is 0 Å². The van der Waals surface area contributed by atoms with E-state index in [0.717, 1.165) is 17.5 Å². The van der Waals surface area contributed by atoms with Gasteiger partial charge < -0.3 is 5.11 Å². The van der Waals surface area contributed by atoms with Crippen LogP contribution in [0.2, 0.25) is 0 Å². The van der Waals surface area contributed by atoms with E-state index in [1.807, 2.05) is 19.9 Å². The highest BCUT2D eigenvalue weighted by atomic mass is 16.4. The molecule has 0 aromatic heterocycles. The van der Waals surface area contributed by atoms with E-state index < -0.39 is 5.97 Å². The second-order valence-corrected chi connectivity index (χ2v) is 4.43. The van der Waals surface area contributed by atoms with Crippen LogP contribution in [0, 0.1) is 19.8 Å². The van der Waals surface area contributed by atoms with Gasteiger partial charge in [-0.1, -0.05) is 19.9 Å². The number of rotatable bonds is 3. The van der Waals surface area contributed by atoms with Crippen molar-refractivity contribution < 1.29 is 9.90 Å². The van der Waals surface area contributed by atoms with E-state index in [0.29, 0.717) is 11.5 Å². The summed E-state index contributed by atoms with van der Waals surface area (Å²) >= 11 is 0. The van der Waals surface area contributed by atoms with Crippen LogP contribution in [-0.2, 0) is 6.42 Å². The average Bonchev–Trinajstić information content (AvgIpc) is 2.12. The van der Waals surface area contributed by atoms with Crippen LogP contribution in [0.15, 0.2) is 12.1 Å². The Labute approximate surface area is 90.9 Å². The molecular formula is C13H18O2. The zero-order chi connectivity index (χ0) is 11.6. The fraction of sp³-hybridized carbons (Fsp3) is 0.462. The summed E-state index contributed by atoms with van der Waals surface area (Å²) < 4.78 is 0. The second kappa shape index (κ2) is 4.47. The van der Waals surface area contributed by atoms with Crippen molar-refractivity contribution in [2.45, 2.75) is 34.1 Å². The highest BCUT2D eigenvalue weighted by Crippen LogP contribution is 2.20. The Kier molecular flexibility index (Phi) is 3.51. The molecule has 0 radical (unpaired) electrons. The summed E-state index contributed by atoms with van der Waals surface area (Å²) in [6.45, 7) is 8.21. The molecule has 2 heteroatoms. The van der Waals surface area contributed by atoms with Gasteiger partial charge in [0.05, 0.1) is 5.56 Å². The summed E-state index contributed by atoms with van der Waals surface area (Å²) in [5, 5.41) is 8.96. The lowest BCUT2D eigenvalue weighted by Gasteiger charge is -2.12. The van der Waals surface area contributed by atoms with Crippen LogP contribution in [0.4, 0.5) is 0 Å². The Hall–Kier alpha value is -1.31. The topological polar surface area (TPSA) is 37.3 Å². The zero-order valence-electron chi connectivity index (χ0n) is 9.79. The molecule has 0 aliphatic rings. The van der Waals surface area contributed by atoms with Gasteiger partial charge in [-0.3, -0.25) is 0 Å². The van der Waals surface area contributed by atoms with Crippen molar-refractivity contribution in [3.05, 3.63) is 34.4 Å². The Balaban J connectivity index is 3.15. The third-order valence-corrected chi connectivity index (χ3v) is 2.76. The van der Waals surface area contributed by atoms with Gasteiger partial charge in [0.2, 0.25) is 0 Å². The quantitative estimate of drug-likeness (QED) is 0.824. The minimum atomic E-state index is -0.841. The molecule has 1 rings (SSSR count). The van der Waals surface area contributed by atoms with Gasteiger partial charge in [0, 0.05) is 0 Å². The van der Waals surface area contributed by atoms with Gasteiger partial charge >= 0.3 is 5.97 Å². The lowest BCUT2D eigenvalue weighted by atomic mass is 9.93. The summed E-state index contributed by atoms with van der Waals surface area (Å²) in [6, 6.07) is 3.65. The SMILES string of the molecule is Cc1c(CC(C)C)ccc(C(=O)O)c1C. The molecule has 0 unspecified atom stereocenters. The highest BCUT2D eigenvalue weighted by molar-refractivity contribution is 5.89. The Morgan fingerprint density at radius 2 is 1.87 bits per heavy atom. The van der Waals surface area contributed by atoms with Gasteiger partial charge in [0.15, 0.2) is 0 Å². The minimum absolute atomic E-state index is 0.417. The standard InChI is InChI=1S/C13H18O2/c1-8(2)7-11-5-6-12(13(14)15)10(4)9(11)3/h5-6,8H,7H2,1-4H3,(H,14,15). The molecule has 0 fully saturated rings. The van der Waals surface area contributed by atoms with Crippen molar-refractivity contribution in [2.24, 2.45) is 5.92 Å². The molecule has 0 atom stereocenters. The summed E-state index contributed by atoms with van der Waals surface area (Å²) in [4.78, 5) is 10.9. The van der Waals surface area contributed by atoms with E-state index in [1.165, 1.54) is 5.56 Å². The van der Waals surface area contributed by atoms with Gasteiger partial charge in [-0.2, -0.15) is 0 Å². The number of hydrogen-bond acceptors (Lipinski definition) is 1. The lowest BCUT2D eigenvalue weighted by Crippen LogP contribution is -2.05. The van der Waals surface area contributed by atoms with Gasteiger partial charge in [0.1, 0.15) is 0 Å². The van der Waals surface area contributed by atoms with Crippen molar-refractivity contribution >= 4 is 5.97 Å². The van der Waals surface area contributed by atoms with Crippen LogP contribution >= 0.6 is 0 Å². The normalized spacial score (nSPS) is 10.7. The smallest absolute Gasteiger partial charge is 0.335 e. The first-order valence-electron chi connectivity index (χ1n) is 5.25. The molecule has 1 N–H and O–H groups in total. The fourth-order valence-electron chi connectivity index (χ4n) is 1.77. The molecule has 82 valence electrons. The van der Waals surface area contributed by atoms with Crippen molar-refractivity contribution in [2.75, 3.05) is 0 Å². The first-order valence-corrected chi connectivity index (χ1v) is 5.25. The van der Waals surface area contributed by atoms with E-state index in [2.05, 4.69) is 13.8 Å². The Bertz CT molecular complexity index is 378. The van der Waals surface area contributed by atoms with Crippen LogP contribution in [0.5, 0.6) is 0 Å². The number of benzene rings is 1. The molecule has 0 bridgehead atoms. The van der Waals surface area contributed by atoms with Crippen molar-refractivity contribution in [1.82, 2.24) is 0 Å². The summed E-state index contributed by atoms with van der Waals surface area (Å²) in [5.41, 5.74) is 3.68. The minimum Gasteiger partial charge on any atom is -0.478 e. The Morgan fingerprint density at radius 3 is 2.33 bits per heavy atom. The maximum atomic E-state index is 10.9. The monoisotopic (exact) mass is 206 g/mol.